The topological polar surface area (TPSA) is 81.6 Å². The number of rotatable bonds is 7. The van der Waals surface area contributed by atoms with Gasteiger partial charge in [-0.1, -0.05) is 6.92 Å². The summed E-state index contributed by atoms with van der Waals surface area (Å²) in [6.07, 6.45) is -9.19. The predicted octanol–water partition coefficient (Wildman–Crippen LogP) is 4.48. The fourth-order valence-corrected chi connectivity index (χ4v) is 5.45. The molecule has 2 unspecified atom stereocenters. The molecule has 0 saturated carbocycles. The Hall–Kier alpha value is -2.77. The zero-order valence-corrected chi connectivity index (χ0v) is 21.7. The van der Waals surface area contributed by atoms with Gasteiger partial charge in [0.2, 0.25) is 0 Å². The summed E-state index contributed by atoms with van der Waals surface area (Å²) in [6.45, 7) is 7.20. The summed E-state index contributed by atoms with van der Waals surface area (Å²) in [6, 6.07) is 1.09. The monoisotopic (exact) mass is 559 g/mol. The molecule has 1 saturated heterocycles. The number of aldehydes is 1. The van der Waals surface area contributed by atoms with E-state index in [4.69, 9.17) is 0 Å². The second-order valence-electron chi connectivity index (χ2n) is 10.4. The van der Waals surface area contributed by atoms with Crippen molar-refractivity contribution in [2.45, 2.75) is 69.7 Å². The average Bonchev–Trinajstić information content (AvgIpc) is 3.16. The van der Waals surface area contributed by atoms with Crippen LogP contribution >= 0.6 is 0 Å². The van der Waals surface area contributed by atoms with Crippen LogP contribution in [-0.2, 0) is 17.1 Å². The fourth-order valence-electron chi connectivity index (χ4n) is 5.45. The smallest absolute Gasteiger partial charge is 0.387 e. The second kappa shape index (κ2) is 11.0. The predicted molar refractivity (Wildman–Crippen MR) is 131 cm³/mol. The molecule has 1 fully saturated rings. The summed E-state index contributed by atoms with van der Waals surface area (Å²) in [5, 5.41) is 13.5. The lowest BCUT2D eigenvalue weighted by Gasteiger charge is -2.43. The van der Waals surface area contributed by atoms with E-state index in [0.29, 0.717) is 62.5 Å². The minimum Gasteiger partial charge on any atom is -0.387 e. The summed E-state index contributed by atoms with van der Waals surface area (Å²) in [4.78, 5) is 24.9. The van der Waals surface area contributed by atoms with Crippen molar-refractivity contribution < 1.29 is 36.2 Å². The molecule has 4 atom stereocenters. The third-order valence-electron chi connectivity index (χ3n) is 7.27. The van der Waals surface area contributed by atoms with Crippen LogP contribution in [0.3, 0.4) is 0 Å². The highest BCUT2D eigenvalue weighted by Gasteiger charge is 2.40. The van der Waals surface area contributed by atoms with Crippen LogP contribution in [0.15, 0.2) is 24.5 Å². The van der Waals surface area contributed by atoms with Gasteiger partial charge in [-0.05, 0) is 49.9 Å². The molecule has 13 heteroatoms. The molecule has 2 N–H and O–H groups in total. The van der Waals surface area contributed by atoms with Crippen molar-refractivity contribution >= 4 is 12.1 Å². The number of fused-ring (bicyclic) bond motifs is 1. The van der Waals surface area contributed by atoms with Crippen molar-refractivity contribution in [1.29, 1.82) is 0 Å². The normalized spacial score (nSPS) is 22.2. The maximum Gasteiger partial charge on any atom is 0.416 e. The Labute approximate surface area is 222 Å². The Bertz CT molecular complexity index is 1150. The van der Waals surface area contributed by atoms with Crippen LogP contribution in [0.4, 0.5) is 32.2 Å². The third-order valence-corrected chi connectivity index (χ3v) is 7.27. The molecule has 0 amide bonds. The average molecular weight is 560 g/mol. The van der Waals surface area contributed by atoms with Gasteiger partial charge in [0.1, 0.15) is 18.4 Å². The Morgan fingerprint density at radius 3 is 2.10 bits per heavy atom. The number of nitrogens with one attached hydrogen (secondary N) is 1. The van der Waals surface area contributed by atoms with Gasteiger partial charge in [-0.25, -0.2) is 9.97 Å². The first kappa shape index (κ1) is 29.2. The van der Waals surface area contributed by atoms with Crippen molar-refractivity contribution in [1.82, 2.24) is 20.2 Å². The summed E-state index contributed by atoms with van der Waals surface area (Å²) in [5.41, 5.74) is -1.79. The van der Waals surface area contributed by atoms with E-state index in [0.717, 1.165) is 5.56 Å². The Balaban J connectivity index is 1.63. The highest BCUT2D eigenvalue weighted by atomic mass is 19.4. The van der Waals surface area contributed by atoms with Crippen LogP contribution in [-0.4, -0.2) is 64.6 Å². The number of aromatic nitrogens is 2. The fraction of sp³-hybridized carbons (Fsp3) is 0.577. The number of halogens is 6. The first-order valence-electron chi connectivity index (χ1n) is 12.7. The number of carbonyl (C=O) groups excluding carboxylic acids is 1. The van der Waals surface area contributed by atoms with Crippen LogP contribution in [0.25, 0.3) is 0 Å². The zero-order chi connectivity index (χ0) is 28.7. The van der Waals surface area contributed by atoms with Crippen molar-refractivity contribution in [3.05, 3.63) is 52.5 Å². The number of aliphatic hydroxyl groups is 1. The molecule has 2 aliphatic rings. The van der Waals surface area contributed by atoms with Gasteiger partial charge in [0.25, 0.3) is 0 Å². The van der Waals surface area contributed by atoms with Gasteiger partial charge in [0.15, 0.2) is 0 Å². The summed E-state index contributed by atoms with van der Waals surface area (Å²) < 4.78 is 81.0. The molecular formula is C26H31F6N5O2. The van der Waals surface area contributed by atoms with Gasteiger partial charge >= 0.3 is 12.4 Å². The van der Waals surface area contributed by atoms with E-state index in [-0.39, 0.29) is 23.6 Å². The van der Waals surface area contributed by atoms with Crippen LogP contribution in [0.1, 0.15) is 73.1 Å². The van der Waals surface area contributed by atoms with E-state index >= 15 is 0 Å². The standard InChI is InChI=1S/C26H31F6N5O2/c1-14(2)35-23(19(12-38)16-9-17(25(27,28)29)11-18(10-16)26(30,31)32)36-4-6-37(7-5-36)24-21-15(3)8-20(39)22(21)33-13-34-24/h9-15,19-20,23,35,39H,4-8H2,1-3H3/t15-,19?,20+,23?/m1/s1. The van der Waals surface area contributed by atoms with Crippen LogP contribution in [0.2, 0.25) is 0 Å². The molecule has 2 heterocycles. The molecule has 1 aliphatic carbocycles. The van der Waals surface area contributed by atoms with E-state index < -0.39 is 41.7 Å². The molecule has 0 spiro atoms. The van der Waals surface area contributed by atoms with Crippen LogP contribution < -0.4 is 10.2 Å². The van der Waals surface area contributed by atoms with E-state index in [2.05, 4.69) is 15.3 Å². The number of hydrogen-bond acceptors (Lipinski definition) is 7. The first-order chi connectivity index (χ1) is 18.2. The third kappa shape index (κ3) is 6.20. The summed E-state index contributed by atoms with van der Waals surface area (Å²) >= 11 is 0. The van der Waals surface area contributed by atoms with Crippen LogP contribution in [0, 0.1) is 0 Å². The van der Waals surface area contributed by atoms with Gasteiger partial charge < -0.3 is 14.8 Å². The van der Waals surface area contributed by atoms with E-state index in [1.54, 1.807) is 13.8 Å². The number of benzene rings is 1. The lowest BCUT2D eigenvalue weighted by atomic mass is 9.91. The number of piperazine rings is 1. The lowest BCUT2D eigenvalue weighted by Crippen LogP contribution is -2.58. The highest BCUT2D eigenvalue weighted by molar-refractivity contribution is 5.64. The maximum atomic E-state index is 13.5. The van der Waals surface area contributed by atoms with Crippen molar-refractivity contribution in [3.63, 3.8) is 0 Å². The Morgan fingerprint density at radius 1 is 1.00 bits per heavy atom. The number of nitrogens with zero attached hydrogens (tertiary/aromatic N) is 4. The number of hydrogen-bond donors (Lipinski definition) is 2. The van der Waals surface area contributed by atoms with E-state index in [1.165, 1.54) is 6.33 Å². The van der Waals surface area contributed by atoms with Crippen molar-refractivity contribution in [2.75, 3.05) is 31.1 Å². The minimum atomic E-state index is -5.02. The molecule has 2 aromatic rings. The Kier molecular flexibility index (Phi) is 8.25. The second-order valence-corrected chi connectivity index (χ2v) is 10.4. The number of aliphatic hydroxyl groups excluding tert-OH is 1. The minimum absolute atomic E-state index is 0.0581. The molecule has 39 heavy (non-hydrogen) atoms. The maximum absolute atomic E-state index is 13.5. The number of anilines is 1. The largest absolute Gasteiger partial charge is 0.416 e. The zero-order valence-electron chi connectivity index (χ0n) is 21.7. The van der Waals surface area contributed by atoms with Gasteiger partial charge in [0, 0.05) is 37.8 Å². The summed E-state index contributed by atoms with van der Waals surface area (Å²) in [7, 11) is 0. The molecule has 1 aromatic carbocycles. The number of carbonyl (C=O) groups is 1. The first-order valence-corrected chi connectivity index (χ1v) is 12.7. The molecule has 7 nitrogen and oxygen atoms in total. The quantitative estimate of drug-likeness (QED) is 0.383. The molecule has 1 aromatic heterocycles. The van der Waals surface area contributed by atoms with Gasteiger partial charge in [-0.2, -0.15) is 26.3 Å². The van der Waals surface area contributed by atoms with Crippen LogP contribution in [0.5, 0.6) is 0 Å². The highest BCUT2D eigenvalue weighted by Crippen LogP contribution is 2.43. The lowest BCUT2D eigenvalue weighted by molar-refractivity contribution is -0.143. The molecule has 4 rings (SSSR count). The molecule has 214 valence electrons. The molecule has 0 radical (unpaired) electrons. The SMILES string of the molecule is CC(C)NC(C(C=O)c1cc(C(F)(F)F)cc(C(F)(F)F)c1)N1CCN(c2ncnc3c2[C@H](C)C[C@@H]3O)CC1. The van der Waals surface area contributed by atoms with E-state index in [9.17, 15) is 36.2 Å². The van der Waals surface area contributed by atoms with Gasteiger partial charge in [-0.15, -0.1) is 0 Å². The molecule has 0 bridgehead atoms. The van der Waals surface area contributed by atoms with Crippen molar-refractivity contribution in [2.24, 2.45) is 0 Å². The van der Waals surface area contributed by atoms with Gasteiger partial charge in [-0.3, -0.25) is 10.2 Å². The number of alkyl halides is 6. The molecular weight excluding hydrogens is 528 g/mol. The Morgan fingerprint density at radius 2 is 1.59 bits per heavy atom. The van der Waals surface area contributed by atoms with Crippen molar-refractivity contribution in [3.8, 4) is 0 Å². The van der Waals surface area contributed by atoms with Gasteiger partial charge in [0.05, 0.1) is 35.0 Å². The summed E-state index contributed by atoms with van der Waals surface area (Å²) in [5.74, 6) is -0.528. The van der Waals surface area contributed by atoms with E-state index in [1.807, 2.05) is 16.7 Å². The molecule has 1 aliphatic heterocycles.